The molecular weight excluding hydrogens is 462 g/mol. The molecule has 0 unspecified atom stereocenters. The van der Waals surface area contributed by atoms with Gasteiger partial charge in [0.2, 0.25) is 5.92 Å². The molecule has 11 heteroatoms. The van der Waals surface area contributed by atoms with E-state index in [1.165, 1.54) is 12.3 Å². The van der Waals surface area contributed by atoms with Crippen molar-refractivity contribution in [2.45, 2.75) is 44.5 Å². The number of carbonyl (C=O) groups excluding carboxylic acids is 1. The van der Waals surface area contributed by atoms with Gasteiger partial charge in [0.15, 0.2) is 0 Å². The predicted octanol–water partition coefficient (Wildman–Crippen LogP) is 6.41. The van der Waals surface area contributed by atoms with E-state index >= 15 is 0 Å². The molecule has 0 aliphatic heterocycles. The minimum absolute atomic E-state index is 0.0989. The smallest absolute Gasteiger partial charge is 0.320 e. The molecule has 2 atom stereocenters. The second-order valence-electron chi connectivity index (χ2n) is 8.00. The lowest BCUT2D eigenvalue weighted by molar-refractivity contribution is -0.0558. The number of hydrogen-bond acceptors (Lipinski definition) is 3. The molecule has 0 spiro atoms. The normalized spacial score (nSPS) is 21.6. The van der Waals surface area contributed by atoms with Crippen molar-refractivity contribution >= 4 is 11.6 Å². The Morgan fingerprint density at radius 2 is 2.06 bits per heavy atom. The third kappa shape index (κ3) is 4.78. The average molecular weight is 485 g/mol. The van der Waals surface area contributed by atoms with Gasteiger partial charge in [-0.25, -0.2) is 22.2 Å². The number of aromatic nitrogens is 3. The van der Waals surface area contributed by atoms with E-state index in [9.17, 15) is 31.1 Å². The summed E-state index contributed by atoms with van der Waals surface area (Å²) in [7, 11) is 0. The lowest BCUT2D eigenvalue weighted by Gasteiger charge is -2.34. The number of anilines is 1. The van der Waals surface area contributed by atoms with E-state index in [1.807, 2.05) is 0 Å². The molecule has 5 nitrogen and oxygen atoms in total. The number of nitrogens with one attached hydrogen (secondary N) is 1. The summed E-state index contributed by atoms with van der Waals surface area (Å²) in [6.07, 6.45) is 0.840. The maximum Gasteiger partial charge on any atom is 0.333 e. The van der Waals surface area contributed by atoms with Gasteiger partial charge < -0.3 is 5.32 Å². The molecule has 3 aromatic rings. The number of nitrogens with zero attached hydrogens (tertiary/aromatic N) is 3. The summed E-state index contributed by atoms with van der Waals surface area (Å²) in [6.45, 7) is -5.85. The number of benzene rings is 1. The Kier molecular flexibility index (Phi) is 5.37. The first-order valence-electron chi connectivity index (χ1n) is 11.7. The highest BCUT2D eigenvalue weighted by Crippen LogP contribution is 2.47. The number of amides is 1. The number of rotatable bonds is 5. The molecule has 0 radical (unpaired) electrons. The highest BCUT2D eigenvalue weighted by molar-refractivity contribution is 6.06. The van der Waals surface area contributed by atoms with Gasteiger partial charge in [-0.1, -0.05) is 6.85 Å². The first-order chi connectivity index (χ1) is 17.3. The number of halogens is 6. The van der Waals surface area contributed by atoms with Crippen molar-refractivity contribution in [2.24, 2.45) is 5.92 Å². The molecule has 2 aromatic heterocycles. The highest BCUT2D eigenvalue weighted by Gasteiger charge is 2.41. The molecule has 34 heavy (non-hydrogen) atoms. The lowest BCUT2D eigenvalue weighted by atomic mass is 9.75. The third-order valence-electron chi connectivity index (χ3n) is 5.68. The zero-order valence-electron chi connectivity index (χ0n) is 20.4. The van der Waals surface area contributed by atoms with Gasteiger partial charge in [-0.05, 0) is 36.6 Å². The predicted molar refractivity (Wildman–Crippen MR) is 112 cm³/mol. The summed E-state index contributed by atoms with van der Waals surface area (Å²) >= 11 is 0. The van der Waals surface area contributed by atoms with Gasteiger partial charge in [-0.15, -0.1) is 0 Å². The van der Waals surface area contributed by atoms with Crippen LogP contribution >= 0.6 is 0 Å². The number of alkyl halides is 4. The van der Waals surface area contributed by atoms with Crippen LogP contribution in [0.5, 0.6) is 0 Å². The van der Waals surface area contributed by atoms with Crippen LogP contribution in [0.15, 0.2) is 42.9 Å². The fraction of sp³-hybridized carbons (Fsp3) is 0.348. The van der Waals surface area contributed by atoms with Crippen molar-refractivity contribution in [3.8, 4) is 11.1 Å². The Balaban J connectivity index is 1.86. The van der Waals surface area contributed by atoms with E-state index in [0.29, 0.717) is 0 Å². The van der Waals surface area contributed by atoms with Crippen LogP contribution < -0.4 is 5.32 Å². The Bertz CT molecular complexity index is 1310. The van der Waals surface area contributed by atoms with E-state index in [0.717, 1.165) is 30.6 Å². The monoisotopic (exact) mass is 485 g/mol. The Labute approximate surface area is 195 Å². The van der Waals surface area contributed by atoms with Crippen molar-refractivity contribution < 1.29 is 35.2 Å². The lowest BCUT2D eigenvalue weighted by Crippen LogP contribution is -2.31. The van der Waals surface area contributed by atoms with Crippen LogP contribution in [0.25, 0.3) is 11.1 Å². The largest absolute Gasteiger partial charge is 0.333 e. The van der Waals surface area contributed by atoms with Gasteiger partial charge in [-0.3, -0.25) is 9.78 Å². The van der Waals surface area contributed by atoms with E-state index in [1.54, 1.807) is 0 Å². The van der Waals surface area contributed by atoms with Gasteiger partial charge >= 0.3 is 6.55 Å². The van der Waals surface area contributed by atoms with E-state index in [2.05, 4.69) is 15.4 Å². The van der Waals surface area contributed by atoms with Crippen LogP contribution in [0.2, 0.25) is 0 Å². The standard InChI is InChI=1S/C23H20F6N4O/c1-12-9-23(28,29)6-4-15(12)19-20(32-21(34)13-10-31-33(11-13)22(26)27)16(5-7-30-19)17-8-14(24)2-3-18(17)25/h2-3,5,7-8,10-12,15,22H,4,6,9H2,1H3,(H,32,34)/t12-,15-/m1/s1/i1D3. The molecule has 1 amide bonds. The van der Waals surface area contributed by atoms with E-state index < -0.39 is 61.5 Å². The molecule has 4 rings (SSSR count). The molecule has 0 bridgehead atoms. The van der Waals surface area contributed by atoms with Crippen LogP contribution in [0.3, 0.4) is 0 Å². The molecule has 1 aliphatic carbocycles. The summed E-state index contributed by atoms with van der Waals surface area (Å²) in [6, 6.07) is 3.79. The second kappa shape index (κ2) is 9.11. The van der Waals surface area contributed by atoms with Crippen molar-refractivity contribution in [3.05, 3.63) is 65.7 Å². The summed E-state index contributed by atoms with van der Waals surface area (Å²) in [5.74, 6) is -8.60. The van der Waals surface area contributed by atoms with Gasteiger partial charge in [-0.2, -0.15) is 13.9 Å². The first-order valence-corrected chi connectivity index (χ1v) is 10.2. The average Bonchev–Trinajstić information content (AvgIpc) is 3.31. The zero-order valence-corrected chi connectivity index (χ0v) is 17.4. The molecule has 0 saturated heterocycles. The molecule has 180 valence electrons. The van der Waals surface area contributed by atoms with Crippen LogP contribution in [0, 0.1) is 17.6 Å². The molecule has 1 aromatic carbocycles. The summed E-state index contributed by atoms with van der Waals surface area (Å²) < 4.78 is 107. The number of carbonyl (C=O) groups is 1. The Morgan fingerprint density at radius 1 is 1.26 bits per heavy atom. The molecule has 1 aliphatic rings. The topological polar surface area (TPSA) is 59.8 Å². The van der Waals surface area contributed by atoms with Crippen molar-refractivity contribution in [1.29, 1.82) is 0 Å². The van der Waals surface area contributed by atoms with Crippen LogP contribution in [-0.2, 0) is 0 Å². The Hall–Kier alpha value is -3.37. The van der Waals surface area contributed by atoms with Gasteiger partial charge in [0.1, 0.15) is 11.6 Å². The summed E-state index contributed by atoms with van der Waals surface area (Å²) in [5.41, 5.74) is -1.09. The molecule has 1 fully saturated rings. The molecular formula is C23H20F6N4O. The Morgan fingerprint density at radius 3 is 2.76 bits per heavy atom. The van der Waals surface area contributed by atoms with Crippen molar-refractivity contribution in [2.75, 3.05) is 5.32 Å². The van der Waals surface area contributed by atoms with Crippen LogP contribution in [0.1, 0.15) is 58.7 Å². The first kappa shape index (κ1) is 20.0. The van der Waals surface area contributed by atoms with Gasteiger partial charge in [0.05, 0.1) is 23.1 Å². The quantitative estimate of drug-likeness (QED) is 0.425. The fourth-order valence-electron chi connectivity index (χ4n) is 4.03. The van der Waals surface area contributed by atoms with Gasteiger partial charge in [0, 0.05) is 46.4 Å². The van der Waals surface area contributed by atoms with Crippen LogP contribution in [-0.4, -0.2) is 26.6 Å². The third-order valence-corrected chi connectivity index (χ3v) is 5.68. The minimum Gasteiger partial charge on any atom is -0.320 e. The van der Waals surface area contributed by atoms with E-state index in [-0.39, 0.29) is 39.2 Å². The summed E-state index contributed by atoms with van der Waals surface area (Å²) in [5, 5.41) is 5.80. The fourth-order valence-corrected chi connectivity index (χ4v) is 4.03. The maximum atomic E-state index is 14.7. The molecule has 1 saturated carbocycles. The van der Waals surface area contributed by atoms with E-state index in [4.69, 9.17) is 4.11 Å². The minimum atomic E-state index is -3.24. The van der Waals surface area contributed by atoms with Crippen LogP contribution in [0.4, 0.5) is 32.0 Å². The zero-order chi connectivity index (χ0) is 27.1. The van der Waals surface area contributed by atoms with Crippen molar-refractivity contribution in [1.82, 2.24) is 14.8 Å². The van der Waals surface area contributed by atoms with Gasteiger partial charge in [0.25, 0.3) is 5.91 Å². The molecule has 1 N–H and O–H groups in total. The van der Waals surface area contributed by atoms with Crippen molar-refractivity contribution in [3.63, 3.8) is 0 Å². The summed E-state index contributed by atoms with van der Waals surface area (Å²) in [4.78, 5) is 17.1. The second-order valence-corrected chi connectivity index (χ2v) is 8.00. The highest BCUT2D eigenvalue weighted by atomic mass is 19.3. The molecule has 2 heterocycles. The number of hydrogen-bond donors (Lipinski definition) is 1. The SMILES string of the molecule is [2H]C([2H])([2H])[C@@H]1CC(F)(F)CC[C@H]1c1nccc(-c2cc(F)ccc2F)c1NC(=O)c1cnn(C(F)F)c1. The maximum absolute atomic E-state index is 14.7. The number of pyridine rings is 1.